The lowest BCUT2D eigenvalue weighted by Crippen LogP contribution is -2.67. The number of imide groups is 1. The minimum atomic E-state index is -1.19. The van der Waals surface area contributed by atoms with Crippen molar-refractivity contribution >= 4 is 40.4 Å². The van der Waals surface area contributed by atoms with E-state index in [1.807, 2.05) is 0 Å². The topological polar surface area (TPSA) is 101 Å². The molecule has 2 atom stereocenters. The SMILES string of the molecule is Cc1ccc(F)cc1N1C(=O)C(N2C(=O)c3cccc([N+](=O)[O-])c3C2=O)C1c1cccs1. The van der Waals surface area contributed by atoms with Gasteiger partial charge >= 0.3 is 0 Å². The van der Waals surface area contributed by atoms with Crippen LogP contribution in [-0.2, 0) is 4.79 Å². The third-order valence-electron chi connectivity index (χ3n) is 5.73. The Kier molecular flexibility index (Phi) is 4.41. The molecule has 0 bridgehead atoms. The van der Waals surface area contributed by atoms with E-state index >= 15 is 0 Å². The first-order valence-electron chi connectivity index (χ1n) is 9.59. The lowest BCUT2D eigenvalue weighted by molar-refractivity contribution is -0.385. The van der Waals surface area contributed by atoms with Crippen molar-refractivity contribution in [3.63, 3.8) is 0 Å². The Morgan fingerprint density at radius 1 is 1.00 bits per heavy atom. The Morgan fingerprint density at radius 3 is 2.47 bits per heavy atom. The summed E-state index contributed by atoms with van der Waals surface area (Å²) in [6.45, 7) is 1.73. The number of aryl methyl sites for hydroxylation is 1. The highest BCUT2D eigenvalue weighted by molar-refractivity contribution is 7.10. The molecule has 160 valence electrons. The number of β-lactam (4-membered cyclic amide) rings is 1. The molecule has 0 aliphatic carbocycles. The van der Waals surface area contributed by atoms with E-state index in [-0.39, 0.29) is 11.1 Å². The lowest BCUT2D eigenvalue weighted by Gasteiger charge is -2.49. The molecule has 1 fully saturated rings. The molecule has 2 unspecified atom stereocenters. The van der Waals surface area contributed by atoms with Crippen molar-refractivity contribution < 1.29 is 23.7 Å². The molecule has 32 heavy (non-hydrogen) atoms. The fourth-order valence-corrected chi connectivity index (χ4v) is 5.11. The van der Waals surface area contributed by atoms with E-state index in [1.165, 1.54) is 40.5 Å². The largest absolute Gasteiger partial charge is 0.299 e. The van der Waals surface area contributed by atoms with Gasteiger partial charge in [0.05, 0.1) is 16.2 Å². The van der Waals surface area contributed by atoms with Crippen molar-refractivity contribution in [1.82, 2.24) is 4.90 Å². The first kappa shape index (κ1) is 20.0. The number of hydrogen-bond acceptors (Lipinski definition) is 6. The van der Waals surface area contributed by atoms with Crippen LogP contribution in [0.2, 0.25) is 0 Å². The second-order valence-corrected chi connectivity index (χ2v) is 8.46. The van der Waals surface area contributed by atoms with Gasteiger partial charge in [-0.2, -0.15) is 0 Å². The number of thiophene rings is 1. The Bertz CT molecular complexity index is 1320. The summed E-state index contributed by atoms with van der Waals surface area (Å²) in [5, 5.41) is 13.2. The predicted molar refractivity (Wildman–Crippen MR) is 113 cm³/mol. The third-order valence-corrected chi connectivity index (χ3v) is 6.68. The Morgan fingerprint density at radius 2 is 1.78 bits per heavy atom. The standard InChI is InChI=1S/C22H14FN3O5S/c1-11-7-8-12(23)10-15(11)24-18(16-6-3-9-32-16)19(22(24)29)25-20(27)13-4-2-5-14(26(30)31)17(13)21(25)28/h2-10,18-19H,1H3. The number of anilines is 1. The summed E-state index contributed by atoms with van der Waals surface area (Å²) in [5.74, 6) is -2.73. The number of halogens is 1. The maximum Gasteiger partial charge on any atom is 0.282 e. The zero-order chi connectivity index (χ0) is 22.7. The maximum absolute atomic E-state index is 14.0. The van der Waals surface area contributed by atoms with Gasteiger partial charge in [0, 0.05) is 10.9 Å². The minimum absolute atomic E-state index is 0.109. The summed E-state index contributed by atoms with van der Waals surface area (Å²) in [7, 11) is 0. The molecule has 0 N–H and O–H groups in total. The Hall–Kier alpha value is -3.92. The van der Waals surface area contributed by atoms with Gasteiger partial charge in [0.1, 0.15) is 23.5 Å². The van der Waals surface area contributed by atoms with E-state index in [4.69, 9.17) is 0 Å². The molecule has 5 rings (SSSR count). The van der Waals surface area contributed by atoms with E-state index in [0.29, 0.717) is 16.1 Å². The second kappa shape index (κ2) is 7.06. The molecule has 2 aliphatic heterocycles. The first-order valence-corrected chi connectivity index (χ1v) is 10.5. The molecule has 0 radical (unpaired) electrons. The number of carbonyl (C=O) groups excluding carboxylic acids is 3. The van der Waals surface area contributed by atoms with Crippen LogP contribution in [0.3, 0.4) is 0 Å². The summed E-state index contributed by atoms with van der Waals surface area (Å²) in [5.41, 5.74) is 0.0774. The molecule has 10 heteroatoms. The second-order valence-electron chi connectivity index (χ2n) is 7.48. The van der Waals surface area contributed by atoms with Crippen LogP contribution in [-0.4, -0.2) is 33.6 Å². The highest BCUT2D eigenvalue weighted by atomic mass is 32.1. The number of benzene rings is 2. The highest BCUT2D eigenvalue weighted by Crippen LogP contribution is 2.47. The van der Waals surface area contributed by atoms with Crippen LogP contribution in [0.5, 0.6) is 0 Å². The molecule has 0 spiro atoms. The number of carbonyl (C=O) groups is 3. The summed E-state index contributed by atoms with van der Waals surface area (Å²) < 4.78 is 14.0. The van der Waals surface area contributed by atoms with Gasteiger partial charge in [-0.1, -0.05) is 18.2 Å². The number of amides is 3. The molecule has 3 aromatic rings. The molecule has 8 nitrogen and oxygen atoms in total. The molecule has 0 saturated carbocycles. The molecule has 1 aromatic heterocycles. The molecule has 3 heterocycles. The fourth-order valence-electron chi connectivity index (χ4n) is 4.27. The van der Waals surface area contributed by atoms with Crippen LogP contribution in [0.25, 0.3) is 0 Å². The van der Waals surface area contributed by atoms with Gasteiger partial charge in [-0.15, -0.1) is 11.3 Å². The van der Waals surface area contributed by atoms with Gasteiger partial charge in [-0.3, -0.25) is 34.3 Å². The van der Waals surface area contributed by atoms with Crippen LogP contribution >= 0.6 is 11.3 Å². The zero-order valence-electron chi connectivity index (χ0n) is 16.5. The molecule has 2 aliphatic rings. The van der Waals surface area contributed by atoms with Crippen LogP contribution in [0, 0.1) is 22.9 Å². The smallest absolute Gasteiger partial charge is 0.282 e. The predicted octanol–water partition coefficient (Wildman–Crippen LogP) is 3.86. The van der Waals surface area contributed by atoms with Gasteiger partial charge in [0.2, 0.25) is 0 Å². The number of nitrogens with zero attached hydrogens (tertiary/aromatic N) is 3. The average Bonchev–Trinajstić information content (AvgIpc) is 3.37. The maximum atomic E-state index is 14.0. The minimum Gasteiger partial charge on any atom is -0.299 e. The van der Waals surface area contributed by atoms with E-state index < -0.39 is 46.2 Å². The van der Waals surface area contributed by atoms with Crippen molar-refractivity contribution in [1.29, 1.82) is 0 Å². The normalized spacial score (nSPS) is 19.9. The van der Waals surface area contributed by atoms with Crippen LogP contribution in [0.15, 0.2) is 53.9 Å². The number of rotatable bonds is 4. The summed E-state index contributed by atoms with van der Waals surface area (Å²) in [6.07, 6.45) is 0. The van der Waals surface area contributed by atoms with Gasteiger partial charge in [0.25, 0.3) is 23.4 Å². The van der Waals surface area contributed by atoms with E-state index in [2.05, 4.69) is 0 Å². The Labute approximate surface area is 184 Å². The quantitative estimate of drug-likeness (QED) is 0.260. The number of fused-ring (bicyclic) bond motifs is 1. The van der Waals surface area contributed by atoms with Crippen LogP contribution in [0.4, 0.5) is 15.8 Å². The third kappa shape index (κ3) is 2.69. The Balaban J connectivity index is 1.61. The number of nitro benzene ring substituents is 1. The fraction of sp³-hybridized carbons (Fsp3) is 0.136. The average molecular weight is 451 g/mol. The van der Waals surface area contributed by atoms with Gasteiger partial charge in [-0.05, 0) is 42.1 Å². The van der Waals surface area contributed by atoms with E-state index in [0.717, 1.165) is 11.0 Å². The molecule has 3 amide bonds. The molecular formula is C22H14FN3O5S. The monoisotopic (exact) mass is 451 g/mol. The summed E-state index contributed by atoms with van der Waals surface area (Å²) in [6, 6.07) is 9.47. The van der Waals surface area contributed by atoms with Crippen molar-refractivity contribution in [2.45, 2.75) is 19.0 Å². The van der Waals surface area contributed by atoms with Crippen molar-refractivity contribution in [3.8, 4) is 0 Å². The van der Waals surface area contributed by atoms with Crippen molar-refractivity contribution in [2.24, 2.45) is 0 Å². The molecule has 2 aromatic carbocycles. The van der Waals surface area contributed by atoms with Crippen molar-refractivity contribution in [2.75, 3.05) is 4.90 Å². The summed E-state index contributed by atoms with van der Waals surface area (Å²) in [4.78, 5) is 53.1. The van der Waals surface area contributed by atoms with Crippen molar-refractivity contribution in [3.05, 3.63) is 91.4 Å². The van der Waals surface area contributed by atoms with Gasteiger partial charge in [-0.25, -0.2) is 4.39 Å². The van der Waals surface area contributed by atoms with Crippen LogP contribution in [0.1, 0.15) is 37.2 Å². The number of nitro groups is 1. The molecule has 1 saturated heterocycles. The first-order chi connectivity index (χ1) is 15.3. The molecular weight excluding hydrogens is 437 g/mol. The van der Waals surface area contributed by atoms with E-state index in [1.54, 1.807) is 30.5 Å². The lowest BCUT2D eigenvalue weighted by atomic mass is 9.90. The van der Waals surface area contributed by atoms with Gasteiger partial charge in [0.15, 0.2) is 0 Å². The van der Waals surface area contributed by atoms with Gasteiger partial charge < -0.3 is 0 Å². The zero-order valence-corrected chi connectivity index (χ0v) is 17.3. The summed E-state index contributed by atoms with van der Waals surface area (Å²) >= 11 is 1.33. The highest BCUT2D eigenvalue weighted by Gasteiger charge is 2.58. The van der Waals surface area contributed by atoms with E-state index in [9.17, 15) is 28.9 Å². The number of hydrogen-bond donors (Lipinski definition) is 0. The van der Waals surface area contributed by atoms with Crippen LogP contribution < -0.4 is 4.90 Å².